The van der Waals surface area contributed by atoms with Gasteiger partial charge in [0.15, 0.2) is 0 Å². The molecule has 2 N–H and O–H groups in total. The van der Waals surface area contributed by atoms with Gasteiger partial charge in [-0.25, -0.2) is 8.95 Å². The molecule has 1 aromatic carbocycles. The van der Waals surface area contributed by atoms with E-state index in [4.69, 9.17) is 21.7 Å². The molecule has 0 radical (unpaired) electrons. The van der Waals surface area contributed by atoms with Gasteiger partial charge in [-0.2, -0.15) is 0 Å². The molecule has 2 heterocycles. The molecule has 0 amide bonds. The minimum Gasteiger partial charge on any atom is -0.376 e. The fourth-order valence-corrected chi connectivity index (χ4v) is 3.34. The van der Waals surface area contributed by atoms with Crippen molar-refractivity contribution in [1.82, 2.24) is 3.96 Å². The van der Waals surface area contributed by atoms with E-state index < -0.39 is 0 Å². The average molecular weight is 351 g/mol. The highest BCUT2D eigenvalue weighted by molar-refractivity contribution is 7.07. The van der Waals surface area contributed by atoms with Crippen LogP contribution in [0.25, 0.3) is 0 Å². The second kappa shape index (κ2) is 7.29. The summed E-state index contributed by atoms with van der Waals surface area (Å²) in [6.07, 6.45) is 2.31. The van der Waals surface area contributed by atoms with Gasteiger partial charge in [0.1, 0.15) is 5.49 Å². The van der Waals surface area contributed by atoms with Gasteiger partial charge in [-0.1, -0.05) is 23.1 Å². The Kier molecular flexibility index (Phi) is 5.15. The Morgan fingerprint density at radius 3 is 2.87 bits per heavy atom. The van der Waals surface area contributed by atoms with Gasteiger partial charge in [0, 0.05) is 22.2 Å². The second-order valence-electron chi connectivity index (χ2n) is 5.46. The van der Waals surface area contributed by atoms with E-state index in [0.29, 0.717) is 23.0 Å². The molecule has 0 unspecified atom stereocenters. The number of hydrogen-bond donors (Lipinski definition) is 2. The van der Waals surface area contributed by atoms with Gasteiger partial charge in [0.05, 0.1) is 12.6 Å². The largest absolute Gasteiger partial charge is 0.376 e. The summed E-state index contributed by atoms with van der Waals surface area (Å²) < 4.78 is 7.43. The van der Waals surface area contributed by atoms with Crippen LogP contribution in [-0.4, -0.2) is 29.2 Å². The third-order valence-corrected chi connectivity index (χ3v) is 4.77. The minimum atomic E-state index is 0.174. The highest BCUT2D eigenvalue weighted by Gasteiger charge is 2.16. The molecule has 1 aromatic heterocycles. The zero-order valence-electron chi connectivity index (χ0n) is 12.9. The zero-order chi connectivity index (χ0) is 16.2. The highest BCUT2D eigenvalue weighted by atomic mass is 35.5. The Balaban J connectivity index is 1.85. The molecular formula is C16H19ClN4OS. The number of nitrogens with one attached hydrogen (secondary N) is 2. The Morgan fingerprint density at radius 2 is 2.26 bits per heavy atom. The lowest BCUT2D eigenvalue weighted by Crippen LogP contribution is -2.29. The molecule has 1 atom stereocenters. The number of halogens is 1. The zero-order valence-corrected chi connectivity index (χ0v) is 14.5. The number of ether oxygens (including phenoxy) is 1. The molecule has 0 aliphatic carbocycles. The van der Waals surface area contributed by atoms with E-state index in [-0.39, 0.29) is 6.10 Å². The monoisotopic (exact) mass is 350 g/mol. The van der Waals surface area contributed by atoms with Crippen molar-refractivity contribution in [2.24, 2.45) is 4.99 Å². The predicted molar refractivity (Wildman–Crippen MR) is 94.6 cm³/mol. The van der Waals surface area contributed by atoms with Crippen molar-refractivity contribution in [3.8, 4) is 0 Å². The molecule has 0 spiro atoms. The van der Waals surface area contributed by atoms with E-state index in [2.05, 4.69) is 10.3 Å². The van der Waals surface area contributed by atoms with Crippen molar-refractivity contribution < 1.29 is 4.74 Å². The van der Waals surface area contributed by atoms with E-state index in [1.165, 1.54) is 11.5 Å². The van der Waals surface area contributed by atoms with Gasteiger partial charge in [-0.3, -0.25) is 5.41 Å². The lowest BCUT2D eigenvalue weighted by molar-refractivity contribution is 0.118. The number of benzene rings is 1. The van der Waals surface area contributed by atoms with Crippen LogP contribution in [0.15, 0.2) is 35.3 Å². The summed E-state index contributed by atoms with van der Waals surface area (Å²) in [5.41, 5.74) is 1.30. The summed E-state index contributed by atoms with van der Waals surface area (Å²) in [6.45, 7) is 3.40. The van der Waals surface area contributed by atoms with Gasteiger partial charge in [-0.15, -0.1) is 0 Å². The van der Waals surface area contributed by atoms with Gasteiger partial charge < -0.3 is 10.1 Å². The van der Waals surface area contributed by atoms with Gasteiger partial charge in [0.2, 0.25) is 5.96 Å². The van der Waals surface area contributed by atoms with Crippen molar-refractivity contribution in [3.05, 3.63) is 45.7 Å². The molecule has 3 rings (SSSR count). The SMILES string of the molecule is Cc1cc(=N)n(C(=NC[C@@H]2CCCO2)Nc2ccc(Cl)cc2)s1. The average Bonchev–Trinajstić information content (AvgIpc) is 3.15. The Labute approximate surface area is 144 Å². The molecule has 0 bridgehead atoms. The van der Waals surface area contributed by atoms with Gasteiger partial charge in [0.25, 0.3) is 0 Å². The molecule has 1 aliphatic rings. The van der Waals surface area contributed by atoms with E-state index in [1.54, 1.807) is 3.96 Å². The normalized spacial score (nSPS) is 18.3. The maximum Gasteiger partial charge on any atom is 0.218 e. The Hall–Kier alpha value is -1.63. The number of hydrogen-bond acceptors (Lipinski definition) is 4. The quantitative estimate of drug-likeness (QED) is 0.657. The summed E-state index contributed by atoms with van der Waals surface area (Å²) in [6, 6.07) is 9.28. The van der Waals surface area contributed by atoms with Gasteiger partial charge >= 0.3 is 0 Å². The summed E-state index contributed by atoms with van der Waals surface area (Å²) in [5.74, 6) is 0.644. The van der Waals surface area contributed by atoms with Crippen LogP contribution in [0.2, 0.25) is 5.02 Å². The van der Waals surface area contributed by atoms with Crippen LogP contribution in [0.5, 0.6) is 0 Å². The smallest absolute Gasteiger partial charge is 0.218 e. The molecule has 1 aliphatic heterocycles. The first-order chi connectivity index (χ1) is 11.1. The molecule has 122 valence electrons. The van der Waals surface area contributed by atoms with Crippen molar-refractivity contribution in [1.29, 1.82) is 5.41 Å². The van der Waals surface area contributed by atoms with Crippen LogP contribution in [0, 0.1) is 12.3 Å². The summed E-state index contributed by atoms with van der Waals surface area (Å²) in [7, 11) is 0. The molecule has 1 saturated heterocycles. The third-order valence-electron chi connectivity index (χ3n) is 3.56. The van der Waals surface area contributed by atoms with E-state index >= 15 is 0 Å². The fraction of sp³-hybridized carbons (Fsp3) is 0.375. The van der Waals surface area contributed by atoms with Gasteiger partial charge in [-0.05, 0) is 50.1 Å². The minimum absolute atomic E-state index is 0.174. The van der Waals surface area contributed by atoms with Crippen LogP contribution < -0.4 is 10.8 Å². The molecule has 2 aromatic rings. The first-order valence-electron chi connectivity index (χ1n) is 7.55. The number of nitrogens with zero attached hydrogens (tertiary/aromatic N) is 2. The molecule has 1 fully saturated rings. The summed E-state index contributed by atoms with van der Waals surface area (Å²) >= 11 is 7.43. The fourth-order valence-electron chi connectivity index (χ4n) is 2.42. The molecule has 7 heteroatoms. The molecule has 23 heavy (non-hydrogen) atoms. The van der Waals surface area contributed by atoms with Crippen LogP contribution in [0.4, 0.5) is 5.69 Å². The predicted octanol–water partition coefficient (Wildman–Crippen LogP) is 3.49. The van der Waals surface area contributed by atoms with E-state index in [9.17, 15) is 0 Å². The number of anilines is 1. The van der Waals surface area contributed by atoms with Crippen molar-refractivity contribution in [2.45, 2.75) is 25.9 Å². The number of aryl methyl sites for hydroxylation is 1. The summed E-state index contributed by atoms with van der Waals surface area (Å²) in [4.78, 5) is 5.74. The first kappa shape index (κ1) is 16.2. The maximum atomic E-state index is 8.11. The topological polar surface area (TPSA) is 62.4 Å². The molecule has 0 saturated carbocycles. The summed E-state index contributed by atoms with van der Waals surface area (Å²) in [5, 5.41) is 12.1. The Morgan fingerprint density at radius 1 is 1.48 bits per heavy atom. The lowest BCUT2D eigenvalue weighted by atomic mass is 10.2. The maximum absolute atomic E-state index is 8.11. The van der Waals surface area contributed by atoms with Crippen molar-refractivity contribution in [3.63, 3.8) is 0 Å². The first-order valence-corrected chi connectivity index (χ1v) is 8.70. The third kappa shape index (κ3) is 4.22. The number of aromatic nitrogens is 1. The number of aliphatic imine (C=N–C) groups is 1. The standard InChI is InChI=1S/C16H19ClN4OS/c1-11-9-15(18)21(23-11)16(19-10-14-3-2-8-22-14)20-13-6-4-12(17)5-7-13/h4-7,9,14,18H,2-3,8,10H2,1H3,(H,19,20)/t14-/m0/s1. The molecule has 5 nitrogen and oxygen atoms in total. The van der Waals surface area contributed by atoms with Crippen LogP contribution in [0.1, 0.15) is 17.7 Å². The highest BCUT2D eigenvalue weighted by Crippen LogP contribution is 2.15. The molecular weight excluding hydrogens is 332 g/mol. The van der Waals surface area contributed by atoms with Crippen molar-refractivity contribution in [2.75, 3.05) is 18.5 Å². The van der Waals surface area contributed by atoms with E-state index in [1.807, 2.05) is 37.3 Å². The van der Waals surface area contributed by atoms with E-state index in [0.717, 1.165) is 30.0 Å². The van der Waals surface area contributed by atoms with Crippen LogP contribution in [-0.2, 0) is 4.74 Å². The second-order valence-corrected chi connectivity index (χ2v) is 7.09. The lowest BCUT2D eigenvalue weighted by Gasteiger charge is -2.12. The number of rotatable bonds is 3. The van der Waals surface area contributed by atoms with Crippen molar-refractivity contribution >= 4 is 34.8 Å². The van der Waals surface area contributed by atoms with Crippen LogP contribution in [0.3, 0.4) is 0 Å². The van der Waals surface area contributed by atoms with Crippen LogP contribution >= 0.6 is 23.1 Å². The Bertz CT molecular complexity index is 744.